The van der Waals surface area contributed by atoms with E-state index >= 15 is 0 Å². The number of rotatable bonds is 6. The number of benzene rings is 1. The smallest absolute Gasteiger partial charge is 0.191 e. The van der Waals surface area contributed by atoms with Gasteiger partial charge in [-0.2, -0.15) is 0 Å². The maximum Gasteiger partial charge on any atom is 0.191 e. The van der Waals surface area contributed by atoms with Crippen LogP contribution in [-0.4, -0.2) is 54.0 Å². The van der Waals surface area contributed by atoms with Gasteiger partial charge in [0.2, 0.25) is 0 Å². The minimum atomic E-state index is -0.737. The van der Waals surface area contributed by atoms with Crippen molar-refractivity contribution in [3.8, 4) is 0 Å². The van der Waals surface area contributed by atoms with Crippen molar-refractivity contribution < 1.29 is 13.3 Å². The summed E-state index contributed by atoms with van der Waals surface area (Å²) in [5.74, 6) is 1.30. The molecule has 0 amide bonds. The Labute approximate surface area is 199 Å². The number of halogens is 2. The van der Waals surface area contributed by atoms with Crippen molar-refractivity contribution in [2.24, 2.45) is 4.99 Å². The summed E-state index contributed by atoms with van der Waals surface area (Å²) in [6.07, 6.45) is 5.95. The fourth-order valence-corrected chi connectivity index (χ4v) is 5.87. The zero-order chi connectivity index (χ0) is 20.7. The van der Waals surface area contributed by atoms with Crippen molar-refractivity contribution in [2.45, 2.75) is 62.2 Å². The topological polar surface area (TPSA) is 62.7 Å². The fourth-order valence-electron chi connectivity index (χ4n) is 4.52. The maximum atomic E-state index is 13.4. The van der Waals surface area contributed by atoms with Gasteiger partial charge < -0.3 is 15.4 Å². The second-order valence-electron chi connectivity index (χ2n) is 8.12. The molecule has 1 aromatic carbocycles. The molecule has 2 fully saturated rings. The van der Waals surface area contributed by atoms with E-state index < -0.39 is 10.8 Å². The minimum absolute atomic E-state index is 0. The van der Waals surface area contributed by atoms with Crippen molar-refractivity contribution in [3.63, 3.8) is 0 Å². The Balaban J connectivity index is 0.00000320. The zero-order valence-corrected chi connectivity index (χ0v) is 21.1. The van der Waals surface area contributed by atoms with Crippen LogP contribution in [0.3, 0.4) is 0 Å². The summed E-state index contributed by atoms with van der Waals surface area (Å²) in [5.41, 5.74) is 1.05. The van der Waals surface area contributed by atoms with E-state index in [9.17, 15) is 8.60 Å². The van der Waals surface area contributed by atoms with Gasteiger partial charge in [-0.15, -0.1) is 24.0 Å². The maximum absolute atomic E-state index is 13.4. The van der Waals surface area contributed by atoms with Gasteiger partial charge in [0.15, 0.2) is 5.96 Å². The lowest BCUT2D eigenvalue weighted by Gasteiger charge is -2.38. The van der Waals surface area contributed by atoms with Crippen LogP contribution in [0.4, 0.5) is 4.39 Å². The number of ether oxygens (including phenoxy) is 1. The van der Waals surface area contributed by atoms with Crippen LogP contribution in [0.25, 0.3) is 0 Å². The van der Waals surface area contributed by atoms with Crippen LogP contribution in [0, 0.1) is 5.82 Å². The molecule has 1 saturated heterocycles. The molecule has 3 atom stereocenters. The highest BCUT2D eigenvalue weighted by Gasteiger charge is 2.35. The molecule has 3 rings (SSSR count). The van der Waals surface area contributed by atoms with Gasteiger partial charge in [0.05, 0.1) is 0 Å². The summed E-state index contributed by atoms with van der Waals surface area (Å²) in [6.45, 7) is 4.13. The normalized spacial score (nSPS) is 25.1. The molecule has 5 nitrogen and oxygen atoms in total. The van der Waals surface area contributed by atoms with Crippen LogP contribution in [0.1, 0.15) is 51.0 Å². The number of hydrogen-bond donors (Lipinski definition) is 2. The van der Waals surface area contributed by atoms with Crippen LogP contribution in [0.2, 0.25) is 0 Å². The van der Waals surface area contributed by atoms with E-state index in [0.717, 1.165) is 62.3 Å². The van der Waals surface area contributed by atoms with Gasteiger partial charge in [0.25, 0.3) is 0 Å². The number of nitrogens with one attached hydrogen (secondary N) is 2. The summed E-state index contributed by atoms with van der Waals surface area (Å²) in [7, 11) is 1.05. The first-order valence-electron chi connectivity index (χ1n) is 10.7. The lowest BCUT2D eigenvalue weighted by atomic mass is 9.74. The summed E-state index contributed by atoms with van der Waals surface area (Å²) in [5, 5.41) is 7.34. The number of aliphatic imine (C=N–C) groups is 1. The van der Waals surface area contributed by atoms with Gasteiger partial charge >= 0.3 is 0 Å². The average molecular weight is 552 g/mol. The van der Waals surface area contributed by atoms with Crippen molar-refractivity contribution in [3.05, 3.63) is 35.6 Å². The molecule has 8 heteroatoms. The molecule has 0 radical (unpaired) electrons. The summed E-state index contributed by atoms with van der Waals surface area (Å²) >= 11 is 0. The van der Waals surface area contributed by atoms with Gasteiger partial charge in [-0.05, 0) is 49.8 Å². The Hall–Kier alpha value is -0.740. The lowest BCUT2D eigenvalue weighted by molar-refractivity contribution is 0.0513. The largest absolute Gasteiger partial charge is 0.381 e. The van der Waals surface area contributed by atoms with E-state index in [4.69, 9.17) is 4.74 Å². The van der Waals surface area contributed by atoms with Crippen molar-refractivity contribution in [2.75, 3.05) is 32.6 Å². The lowest BCUT2D eigenvalue weighted by Crippen LogP contribution is -2.51. The van der Waals surface area contributed by atoms with Gasteiger partial charge in [0, 0.05) is 60.1 Å². The van der Waals surface area contributed by atoms with Gasteiger partial charge in [-0.3, -0.25) is 9.20 Å². The molecule has 30 heavy (non-hydrogen) atoms. The van der Waals surface area contributed by atoms with Crippen molar-refractivity contribution >= 4 is 40.7 Å². The van der Waals surface area contributed by atoms with Crippen molar-refractivity contribution in [1.82, 2.24) is 10.6 Å². The number of guanidine groups is 1. The minimum Gasteiger partial charge on any atom is -0.381 e. The number of nitrogens with zero attached hydrogens (tertiary/aromatic N) is 1. The van der Waals surface area contributed by atoms with E-state index in [2.05, 4.69) is 15.6 Å². The van der Waals surface area contributed by atoms with E-state index in [1.54, 1.807) is 7.05 Å². The van der Waals surface area contributed by atoms with Gasteiger partial charge in [0.1, 0.15) is 5.82 Å². The fraction of sp³-hybridized carbons (Fsp3) is 0.682. The van der Waals surface area contributed by atoms with Crippen LogP contribution in [-0.2, 0) is 21.0 Å². The van der Waals surface area contributed by atoms with Crippen LogP contribution in [0.5, 0.6) is 0 Å². The molecule has 0 spiro atoms. The molecular formula is C22H35FIN3O2S. The molecule has 1 aromatic rings. The third-order valence-corrected chi connectivity index (χ3v) is 8.09. The van der Waals surface area contributed by atoms with Gasteiger partial charge in [-0.25, -0.2) is 4.39 Å². The Morgan fingerprint density at radius 1 is 1.27 bits per heavy atom. The zero-order valence-electron chi connectivity index (χ0n) is 18.0. The Kier molecular flexibility index (Phi) is 10.5. The molecule has 0 bridgehead atoms. The molecule has 1 aliphatic carbocycles. The van der Waals surface area contributed by atoms with Crippen LogP contribution in [0.15, 0.2) is 29.3 Å². The summed E-state index contributed by atoms with van der Waals surface area (Å²) in [4.78, 5) is 4.42. The highest BCUT2D eigenvalue weighted by Crippen LogP contribution is 2.34. The third kappa shape index (κ3) is 6.63. The van der Waals surface area contributed by atoms with E-state index in [0.29, 0.717) is 19.3 Å². The van der Waals surface area contributed by atoms with Crippen LogP contribution >= 0.6 is 24.0 Å². The average Bonchev–Trinajstić information content (AvgIpc) is 2.77. The predicted octanol–water partition coefficient (Wildman–Crippen LogP) is 3.74. The first kappa shape index (κ1) is 25.5. The standard InChI is InChI=1S/C22H34FN3O2S.HI/c1-3-29(27)20-6-4-5-19(15-20)26-21(24-2)25-16-22(11-13-28-14-12-22)17-7-9-18(23)10-8-17;/h7-10,19-20H,3-6,11-16H2,1-2H3,(H2,24,25,26);1H. The highest BCUT2D eigenvalue weighted by molar-refractivity contribution is 14.0. The Morgan fingerprint density at radius 3 is 2.60 bits per heavy atom. The Bertz CT molecular complexity index is 711. The van der Waals surface area contributed by atoms with E-state index in [1.807, 2.05) is 19.1 Å². The highest BCUT2D eigenvalue weighted by atomic mass is 127. The second-order valence-corrected chi connectivity index (χ2v) is 10.1. The van der Waals surface area contributed by atoms with E-state index in [1.165, 1.54) is 12.1 Å². The van der Waals surface area contributed by atoms with E-state index in [-0.39, 0.29) is 40.5 Å². The van der Waals surface area contributed by atoms with Crippen molar-refractivity contribution in [1.29, 1.82) is 0 Å². The summed E-state index contributed by atoms with van der Waals surface area (Å²) in [6, 6.07) is 7.16. The monoisotopic (exact) mass is 551 g/mol. The molecule has 1 heterocycles. The Morgan fingerprint density at radius 2 is 1.97 bits per heavy atom. The van der Waals surface area contributed by atoms with Gasteiger partial charge in [-0.1, -0.05) is 25.5 Å². The molecular weight excluding hydrogens is 516 g/mol. The molecule has 1 saturated carbocycles. The molecule has 170 valence electrons. The quantitative estimate of drug-likeness (QED) is 0.322. The number of hydrogen-bond acceptors (Lipinski definition) is 3. The molecule has 1 aliphatic heterocycles. The first-order chi connectivity index (χ1) is 14.1. The molecule has 3 unspecified atom stereocenters. The molecule has 2 aliphatic rings. The predicted molar refractivity (Wildman–Crippen MR) is 133 cm³/mol. The second kappa shape index (κ2) is 12.3. The first-order valence-corrected chi connectivity index (χ1v) is 12.1. The molecule has 2 N–H and O–H groups in total. The third-order valence-electron chi connectivity index (χ3n) is 6.35. The SMILES string of the molecule is CCS(=O)C1CCCC(NC(=NC)NCC2(c3ccc(F)cc3)CCOCC2)C1.I. The summed E-state index contributed by atoms with van der Waals surface area (Å²) < 4.78 is 31.2. The molecule has 0 aromatic heterocycles. The van der Waals surface area contributed by atoms with Crippen LogP contribution < -0.4 is 10.6 Å².